The second-order valence-electron chi connectivity index (χ2n) is 6.15. The summed E-state index contributed by atoms with van der Waals surface area (Å²) in [6, 6.07) is 8.01. The highest BCUT2D eigenvalue weighted by atomic mass is 32.2. The van der Waals surface area contributed by atoms with E-state index >= 15 is 0 Å². The normalized spacial score (nSPS) is 14.2. The summed E-state index contributed by atoms with van der Waals surface area (Å²) in [5, 5.41) is 3.07. The van der Waals surface area contributed by atoms with Crippen LogP contribution in [0.15, 0.2) is 28.6 Å². The van der Waals surface area contributed by atoms with Crippen molar-refractivity contribution < 1.29 is 4.79 Å². The number of carbonyl (C=O) groups excluding carboxylic acids is 1. The number of nitrogens with zero attached hydrogens (tertiary/aromatic N) is 1. The first-order chi connectivity index (χ1) is 10.4. The first-order valence-corrected chi connectivity index (χ1v) is 9.21. The first-order valence-electron chi connectivity index (χ1n) is 7.41. The minimum Gasteiger partial charge on any atom is -0.349 e. The maximum absolute atomic E-state index is 12.2. The Morgan fingerprint density at radius 3 is 2.82 bits per heavy atom. The average molecular weight is 338 g/mol. The molecule has 0 aliphatic heterocycles. The van der Waals surface area contributed by atoms with E-state index in [1.54, 1.807) is 11.3 Å². The van der Waals surface area contributed by atoms with Crippen molar-refractivity contribution in [3.8, 4) is 0 Å². The number of thioether (sulfide) groups is 1. The predicted molar refractivity (Wildman–Crippen MR) is 95.4 cm³/mol. The zero-order valence-corrected chi connectivity index (χ0v) is 14.9. The molecule has 120 valence electrons. The quantitative estimate of drug-likeness (QED) is 0.761. The van der Waals surface area contributed by atoms with Gasteiger partial charge in [0.1, 0.15) is 0 Å². The van der Waals surface area contributed by atoms with E-state index in [2.05, 4.69) is 24.1 Å². The molecule has 0 spiro atoms. The van der Waals surface area contributed by atoms with Crippen molar-refractivity contribution in [2.75, 3.05) is 12.3 Å². The van der Waals surface area contributed by atoms with Crippen molar-refractivity contribution in [2.24, 2.45) is 11.7 Å². The Bertz CT molecular complexity index is 608. The molecule has 1 unspecified atom stereocenters. The van der Waals surface area contributed by atoms with Crippen molar-refractivity contribution in [2.45, 2.75) is 37.1 Å². The fraction of sp³-hybridized carbons (Fsp3) is 0.500. The number of para-hydroxylation sites is 1. The number of nitrogens with one attached hydrogen (secondary N) is 1. The van der Waals surface area contributed by atoms with Gasteiger partial charge in [-0.05, 0) is 31.4 Å². The summed E-state index contributed by atoms with van der Waals surface area (Å²) in [4.78, 5) is 16.7. The van der Waals surface area contributed by atoms with Crippen LogP contribution >= 0.6 is 23.1 Å². The van der Waals surface area contributed by atoms with Gasteiger partial charge >= 0.3 is 0 Å². The monoisotopic (exact) mass is 337 g/mol. The van der Waals surface area contributed by atoms with Crippen LogP contribution in [-0.2, 0) is 4.79 Å². The van der Waals surface area contributed by atoms with Crippen LogP contribution in [0.5, 0.6) is 0 Å². The fourth-order valence-electron chi connectivity index (χ4n) is 2.50. The van der Waals surface area contributed by atoms with Gasteiger partial charge in [0.15, 0.2) is 4.34 Å². The number of fused-ring (bicyclic) bond motifs is 1. The molecule has 0 radical (unpaired) electrons. The molecule has 4 nitrogen and oxygen atoms in total. The van der Waals surface area contributed by atoms with E-state index in [0.29, 0.717) is 18.2 Å². The van der Waals surface area contributed by atoms with Crippen molar-refractivity contribution in [3.63, 3.8) is 0 Å². The van der Waals surface area contributed by atoms with Crippen LogP contribution in [0.1, 0.15) is 27.2 Å². The molecule has 1 aromatic carbocycles. The Kier molecular flexibility index (Phi) is 5.83. The van der Waals surface area contributed by atoms with Gasteiger partial charge in [-0.2, -0.15) is 0 Å². The maximum atomic E-state index is 12.2. The molecule has 0 bridgehead atoms. The predicted octanol–water partition coefficient (Wildman–Crippen LogP) is 3.27. The Labute approximate surface area is 139 Å². The Morgan fingerprint density at radius 2 is 2.18 bits per heavy atom. The van der Waals surface area contributed by atoms with Crippen LogP contribution in [-0.4, -0.2) is 28.7 Å². The Morgan fingerprint density at radius 1 is 1.45 bits per heavy atom. The molecular weight excluding hydrogens is 314 g/mol. The molecule has 0 saturated heterocycles. The van der Waals surface area contributed by atoms with E-state index in [1.807, 2.05) is 31.2 Å². The molecule has 1 amide bonds. The summed E-state index contributed by atoms with van der Waals surface area (Å²) in [5.41, 5.74) is 6.48. The van der Waals surface area contributed by atoms with Gasteiger partial charge in [-0.25, -0.2) is 4.98 Å². The third-order valence-corrected chi connectivity index (χ3v) is 5.53. The van der Waals surface area contributed by atoms with Gasteiger partial charge in [0.25, 0.3) is 0 Å². The number of amides is 1. The summed E-state index contributed by atoms with van der Waals surface area (Å²) >= 11 is 3.10. The number of carbonyl (C=O) groups is 1. The second kappa shape index (κ2) is 7.44. The molecule has 1 atom stereocenters. The summed E-state index contributed by atoms with van der Waals surface area (Å²) in [6.45, 7) is 6.72. The van der Waals surface area contributed by atoms with E-state index in [-0.39, 0.29) is 11.4 Å². The number of nitrogens with two attached hydrogens (primary N) is 1. The zero-order chi connectivity index (χ0) is 16.2. The molecule has 1 heterocycles. The van der Waals surface area contributed by atoms with Crippen LogP contribution in [0.2, 0.25) is 0 Å². The second-order valence-corrected chi connectivity index (χ2v) is 8.40. The van der Waals surface area contributed by atoms with Crippen molar-refractivity contribution in [3.05, 3.63) is 24.3 Å². The number of rotatable bonds is 7. The standard InChI is InChI=1S/C16H23N3OS2/c1-11(2)8-16(3,10-17)19-14(20)9-21-15-18-12-6-4-5-7-13(12)22-15/h4-7,11H,8-10,17H2,1-3H3,(H,19,20). The smallest absolute Gasteiger partial charge is 0.230 e. The lowest BCUT2D eigenvalue weighted by Gasteiger charge is -2.31. The first kappa shape index (κ1) is 17.2. The van der Waals surface area contributed by atoms with Crippen LogP contribution in [0.3, 0.4) is 0 Å². The molecule has 1 aromatic heterocycles. The lowest BCUT2D eigenvalue weighted by Crippen LogP contribution is -2.52. The summed E-state index contributed by atoms with van der Waals surface area (Å²) < 4.78 is 2.08. The minimum atomic E-state index is -0.334. The SMILES string of the molecule is CC(C)CC(C)(CN)NC(=O)CSc1nc2ccccc2s1. The molecule has 2 aromatic rings. The molecule has 2 rings (SSSR count). The lowest BCUT2D eigenvalue weighted by atomic mass is 9.91. The zero-order valence-electron chi connectivity index (χ0n) is 13.3. The van der Waals surface area contributed by atoms with E-state index < -0.39 is 0 Å². The summed E-state index contributed by atoms with van der Waals surface area (Å²) in [6.07, 6.45) is 0.876. The third-order valence-electron chi connectivity index (χ3n) is 3.35. The van der Waals surface area contributed by atoms with Gasteiger partial charge in [-0.1, -0.05) is 37.7 Å². The van der Waals surface area contributed by atoms with Crippen LogP contribution in [0, 0.1) is 5.92 Å². The molecule has 6 heteroatoms. The van der Waals surface area contributed by atoms with Gasteiger partial charge in [0.05, 0.1) is 16.0 Å². The highest BCUT2D eigenvalue weighted by Gasteiger charge is 2.25. The number of hydrogen-bond acceptors (Lipinski definition) is 5. The van der Waals surface area contributed by atoms with E-state index in [0.717, 1.165) is 21.0 Å². The van der Waals surface area contributed by atoms with Gasteiger partial charge < -0.3 is 11.1 Å². The minimum absolute atomic E-state index is 0.0119. The average Bonchev–Trinajstić information content (AvgIpc) is 2.87. The van der Waals surface area contributed by atoms with Gasteiger partial charge in [0.2, 0.25) is 5.91 Å². The fourth-order valence-corrected chi connectivity index (χ4v) is 4.37. The van der Waals surface area contributed by atoms with Crippen molar-refractivity contribution in [1.29, 1.82) is 0 Å². The molecule has 0 saturated carbocycles. The molecule has 0 fully saturated rings. The molecule has 3 N–H and O–H groups in total. The summed E-state index contributed by atoms with van der Waals surface area (Å²) in [5.74, 6) is 0.872. The molecular formula is C16H23N3OS2. The van der Waals surface area contributed by atoms with E-state index in [1.165, 1.54) is 11.8 Å². The van der Waals surface area contributed by atoms with E-state index in [9.17, 15) is 4.79 Å². The van der Waals surface area contributed by atoms with Gasteiger partial charge in [-0.3, -0.25) is 4.79 Å². The molecule has 0 aliphatic carbocycles. The lowest BCUT2D eigenvalue weighted by molar-refractivity contribution is -0.120. The van der Waals surface area contributed by atoms with Gasteiger partial charge in [0, 0.05) is 12.1 Å². The number of aromatic nitrogens is 1. The maximum Gasteiger partial charge on any atom is 0.230 e. The van der Waals surface area contributed by atoms with Crippen molar-refractivity contribution in [1.82, 2.24) is 10.3 Å². The van der Waals surface area contributed by atoms with Gasteiger partial charge in [-0.15, -0.1) is 11.3 Å². The van der Waals surface area contributed by atoms with E-state index in [4.69, 9.17) is 5.73 Å². The number of thiazole rings is 1. The number of hydrogen-bond donors (Lipinski definition) is 2. The number of benzene rings is 1. The molecule has 0 aliphatic rings. The third kappa shape index (κ3) is 4.69. The van der Waals surface area contributed by atoms with Crippen LogP contribution < -0.4 is 11.1 Å². The molecule has 22 heavy (non-hydrogen) atoms. The summed E-state index contributed by atoms with van der Waals surface area (Å²) in [7, 11) is 0. The van der Waals surface area contributed by atoms with Crippen molar-refractivity contribution >= 4 is 39.2 Å². The Balaban J connectivity index is 1.91. The Hall–Kier alpha value is -1.11. The topological polar surface area (TPSA) is 68.0 Å². The van der Waals surface area contributed by atoms with Crippen LogP contribution in [0.25, 0.3) is 10.2 Å². The largest absolute Gasteiger partial charge is 0.349 e. The highest BCUT2D eigenvalue weighted by molar-refractivity contribution is 8.01. The highest BCUT2D eigenvalue weighted by Crippen LogP contribution is 2.29. The van der Waals surface area contributed by atoms with Crippen LogP contribution in [0.4, 0.5) is 0 Å².